The van der Waals surface area contributed by atoms with Crippen LogP contribution in [0, 0.1) is 0 Å². The van der Waals surface area contributed by atoms with Crippen molar-refractivity contribution in [3.63, 3.8) is 0 Å². The van der Waals surface area contributed by atoms with Crippen molar-refractivity contribution in [1.82, 2.24) is 0 Å². The first-order valence-corrected chi connectivity index (χ1v) is 6.20. The number of rotatable bonds is 3. The lowest BCUT2D eigenvalue weighted by Gasteiger charge is -2.07. The summed E-state index contributed by atoms with van der Waals surface area (Å²) in [4.78, 5) is 22.5. The van der Waals surface area contributed by atoms with Crippen LogP contribution in [-0.4, -0.2) is 15.9 Å². The standard InChI is InChI=1S/C10H7Br2ClO2/c1-5(11)9(14)7-3-2-6(12)4-8(7)10(13)15/h2-5H,1H3. The molecule has 0 aromatic heterocycles. The molecule has 0 aliphatic rings. The summed E-state index contributed by atoms with van der Waals surface area (Å²) in [6, 6.07) is 4.82. The van der Waals surface area contributed by atoms with Crippen LogP contribution in [0.25, 0.3) is 0 Å². The Morgan fingerprint density at radius 2 is 1.93 bits per heavy atom. The highest BCUT2D eigenvalue weighted by Crippen LogP contribution is 2.21. The predicted molar refractivity (Wildman–Crippen MR) is 67.0 cm³/mol. The highest BCUT2D eigenvalue weighted by atomic mass is 79.9. The zero-order valence-electron chi connectivity index (χ0n) is 7.76. The molecule has 1 rings (SSSR count). The second-order valence-corrected chi connectivity index (χ2v) is 5.58. The second kappa shape index (κ2) is 5.23. The first kappa shape index (κ1) is 12.9. The van der Waals surface area contributed by atoms with Gasteiger partial charge in [-0.15, -0.1) is 0 Å². The monoisotopic (exact) mass is 352 g/mol. The molecule has 5 heteroatoms. The van der Waals surface area contributed by atoms with Crippen molar-refractivity contribution in [3.8, 4) is 0 Å². The lowest BCUT2D eigenvalue weighted by molar-refractivity contribution is 0.0985. The van der Waals surface area contributed by atoms with Gasteiger partial charge in [-0.25, -0.2) is 0 Å². The summed E-state index contributed by atoms with van der Waals surface area (Å²) < 4.78 is 0.713. The van der Waals surface area contributed by atoms with E-state index in [1.54, 1.807) is 19.1 Å². The van der Waals surface area contributed by atoms with Gasteiger partial charge in [-0.05, 0) is 36.7 Å². The fraction of sp³-hybridized carbons (Fsp3) is 0.200. The summed E-state index contributed by atoms with van der Waals surface area (Å²) in [5.41, 5.74) is 0.560. The minimum Gasteiger partial charge on any atom is -0.293 e. The van der Waals surface area contributed by atoms with Gasteiger partial charge >= 0.3 is 0 Å². The predicted octanol–water partition coefficient (Wildman–Crippen LogP) is 3.79. The molecule has 1 unspecified atom stereocenters. The van der Waals surface area contributed by atoms with Gasteiger partial charge in [0, 0.05) is 15.6 Å². The van der Waals surface area contributed by atoms with Crippen molar-refractivity contribution >= 4 is 54.5 Å². The third-order valence-corrected chi connectivity index (χ3v) is 2.93. The minimum absolute atomic E-state index is 0.161. The van der Waals surface area contributed by atoms with E-state index in [0.717, 1.165) is 0 Å². The lowest BCUT2D eigenvalue weighted by atomic mass is 10.0. The quantitative estimate of drug-likeness (QED) is 0.470. The Morgan fingerprint density at radius 3 is 2.40 bits per heavy atom. The maximum atomic E-state index is 11.7. The summed E-state index contributed by atoms with van der Waals surface area (Å²) in [6.07, 6.45) is 0. The van der Waals surface area contributed by atoms with Gasteiger partial charge in [0.2, 0.25) is 0 Å². The zero-order chi connectivity index (χ0) is 11.6. The molecule has 0 fully saturated rings. The molecule has 0 radical (unpaired) electrons. The molecule has 0 N–H and O–H groups in total. The van der Waals surface area contributed by atoms with E-state index in [0.29, 0.717) is 10.0 Å². The number of halogens is 3. The molecule has 80 valence electrons. The van der Waals surface area contributed by atoms with Crippen LogP contribution in [0.1, 0.15) is 27.6 Å². The van der Waals surface area contributed by atoms with Crippen molar-refractivity contribution in [3.05, 3.63) is 33.8 Å². The first-order valence-electron chi connectivity index (χ1n) is 4.11. The van der Waals surface area contributed by atoms with E-state index in [1.807, 2.05) is 0 Å². The van der Waals surface area contributed by atoms with Crippen LogP contribution < -0.4 is 0 Å². The Bertz CT molecular complexity index is 416. The molecular weight excluding hydrogens is 347 g/mol. The van der Waals surface area contributed by atoms with Gasteiger partial charge in [0.15, 0.2) is 5.78 Å². The molecule has 0 saturated carbocycles. The molecule has 0 saturated heterocycles. The van der Waals surface area contributed by atoms with E-state index in [-0.39, 0.29) is 16.2 Å². The Balaban J connectivity index is 3.29. The average molecular weight is 354 g/mol. The summed E-state index contributed by atoms with van der Waals surface area (Å²) in [5, 5.41) is -0.632. The van der Waals surface area contributed by atoms with Crippen LogP contribution in [-0.2, 0) is 0 Å². The molecule has 0 aliphatic heterocycles. The molecule has 1 aromatic carbocycles. The fourth-order valence-corrected chi connectivity index (χ4v) is 1.87. The third kappa shape index (κ3) is 3.13. The molecule has 0 spiro atoms. The van der Waals surface area contributed by atoms with Gasteiger partial charge in [0.1, 0.15) is 0 Å². The third-order valence-electron chi connectivity index (χ3n) is 1.82. The number of hydrogen-bond donors (Lipinski definition) is 0. The van der Waals surface area contributed by atoms with Gasteiger partial charge in [0.05, 0.1) is 4.83 Å². The van der Waals surface area contributed by atoms with Crippen molar-refractivity contribution < 1.29 is 9.59 Å². The minimum atomic E-state index is -0.632. The van der Waals surface area contributed by atoms with Crippen molar-refractivity contribution in [2.45, 2.75) is 11.8 Å². The summed E-state index contributed by atoms with van der Waals surface area (Å²) in [5.74, 6) is -0.161. The zero-order valence-corrected chi connectivity index (χ0v) is 11.7. The molecule has 1 atom stereocenters. The van der Waals surface area contributed by atoms with Crippen molar-refractivity contribution in [1.29, 1.82) is 0 Å². The molecule has 0 amide bonds. The van der Waals surface area contributed by atoms with Crippen LogP contribution in [0.2, 0.25) is 0 Å². The number of alkyl halides is 1. The number of benzene rings is 1. The molecule has 1 aromatic rings. The molecule has 0 heterocycles. The van der Waals surface area contributed by atoms with E-state index in [1.165, 1.54) is 6.07 Å². The van der Waals surface area contributed by atoms with Gasteiger partial charge < -0.3 is 0 Å². The van der Waals surface area contributed by atoms with Crippen LogP contribution in [0.15, 0.2) is 22.7 Å². The van der Waals surface area contributed by atoms with Crippen LogP contribution in [0.3, 0.4) is 0 Å². The average Bonchev–Trinajstić information content (AvgIpc) is 2.16. The smallest absolute Gasteiger partial charge is 0.253 e. The second-order valence-electron chi connectivity index (χ2n) is 2.94. The molecule has 15 heavy (non-hydrogen) atoms. The van der Waals surface area contributed by atoms with E-state index in [4.69, 9.17) is 11.6 Å². The molecular formula is C10H7Br2ClO2. The highest BCUT2D eigenvalue weighted by molar-refractivity contribution is 9.10. The van der Waals surface area contributed by atoms with Gasteiger partial charge in [-0.2, -0.15) is 0 Å². The Hall–Kier alpha value is -0.190. The van der Waals surface area contributed by atoms with E-state index < -0.39 is 5.24 Å². The van der Waals surface area contributed by atoms with E-state index in [9.17, 15) is 9.59 Å². The first-order chi connectivity index (χ1) is 6.93. The van der Waals surface area contributed by atoms with Crippen LogP contribution >= 0.6 is 43.5 Å². The van der Waals surface area contributed by atoms with E-state index >= 15 is 0 Å². The SMILES string of the molecule is CC(Br)C(=O)c1ccc(Br)cc1C(=O)Cl. The number of Topliss-reactive ketones (excluding diaryl/α,β-unsaturated/α-hetero) is 1. The molecule has 0 bridgehead atoms. The molecule has 0 aliphatic carbocycles. The summed E-state index contributed by atoms with van der Waals surface area (Å²) >= 11 is 11.8. The van der Waals surface area contributed by atoms with Gasteiger partial charge in [-0.3, -0.25) is 9.59 Å². The maximum absolute atomic E-state index is 11.7. The molecule has 2 nitrogen and oxygen atoms in total. The van der Waals surface area contributed by atoms with Crippen LogP contribution in [0.5, 0.6) is 0 Å². The number of carbonyl (C=O) groups excluding carboxylic acids is 2. The Morgan fingerprint density at radius 1 is 1.33 bits per heavy atom. The normalized spacial score (nSPS) is 12.3. The lowest BCUT2D eigenvalue weighted by Crippen LogP contribution is -2.13. The van der Waals surface area contributed by atoms with Crippen molar-refractivity contribution in [2.24, 2.45) is 0 Å². The fourth-order valence-electron chi connectivity index (χ4n) is 1.11. The summed E-state index contributed by atoms with van der Waals surface area (Å²) in [7, 11) is 0. The van der Waals surface area contributed by atoms with Gasteiger partial charge in [-0.1, -0.05) is 31.9 Å². The number of carbonyl (C=O) groups is 2. The summed E-state index contributed by atoms with van der Waals surface area (Å²) in [6.45, 7) is 1.70. The van der Waals surface area contributed by atoms with Crippen molar-refractivity contribution in [2.75, 3.05) is 0 Å². The number of ketones is 1. The Labute approximate surface area is 109 Å². The van der Waals surface area contributed by atoms with Gasteiger partial charge in [0.25, 0.3) is 5.24 Å². The topological polar surface area (TPSA) is 34.1 Å². The Kier molecular flexibility index (Phi) is 4.49. The number of hydrogen-bond acceptors (Lipinski definition) is 2. The van der Waals surface area contributed by atoms with E-state index in [2.05, 4.69) is 31.9 Å². The maximum Gasteiger partial charge on any atom is 0.253 e. The largest absolute Gasteiger partial charge is 0.293 e. The van der Waals surface area contributed by atoms with Crippen LogP contribution in [0.4, 0.5) is 0 Å². The highest BCUT2D eigenvalue weighted by Gasteiger charge is 2.19.